The Labute approximate surface area is 106 Å². The van der Waals surface area contributed by atoms with E-state index in [4.69, 9.17) is 11.6 Å². The molecule has 3 unspecified atom stereocenters. The van der Waals surface area contributed by atoms with Crippen LogP contribution in [-0.4, -0.2) is 5.91 Å². The Morgan fingerprint density at radius 1 is 1.29 bits per heavy atom. The molecule has 2 aliphatic carbocycles. The predicted molar refractivity (Wildman–Crippen MR) is 69.0 cm³/mol. The van der Waals surface area contributed by atoms with E-state index >= 15 is 0 Å². The summed E-state index contributed by atoms with van der Waals surface area (Å²) in [5.41, 5.74) is 0.810. The van der Waals surface area contributed by atoms with Crippen molar-refractivity contribution < 1.29 is 4.79 Å². The van der Waals surface area contributed by atoms with Gasteiger partial charge < -0.3 is 5.32 Å². The molecule has 1 N–H and O–H groups in total. The van der Waals surface area contributed by atoms with Crippen LogP contribution in [0.5, 0.6) is 0 Å². The largest absolute Gasteiger partial charge is 0.326 e. The van der Waals surface area contributed by atoms with E-state index in [9.17, 15) is 4.79 Å². The molecule has 90 valence electrons. The third-order valence-electron chi connectivity index (χ3n) is 4.17. The number of hydrogen-bond acceptors (Lipinski definition) is 1. The molecule has 0 aromatic heterocycles. The molecular formula is C14H16ClNO. The van der Waals surface area contributed by atoms with Gasteiger partial charge in [0, 0.05) is 16.6 Å². The van der Waals surface area contributed by atoms with Gasteiger partial charge in [0.2, 0.25) is 5.91 Å². The van der Waals surface area contributed by atoms with E-state index in [-0.39, 0.29) is 11.8 Å². The van der Waals surface area contributed by atoms with Gasteiger partial charge in [0.25, 0.3) is 0 Å². The van der Waals surface area contributed by atoms with Crippen molar-refractivity contribution in [3.63, 3.8) is 0 Å². The molecule has 1 aromatic carbocycles. The second-order valence-corrected chi connectivity index (χ2v) is 5.72. The fourth-order valence-corrected chi connectivity index (χ4v) is 3.56. The molecule has 0 aliphatic heterocycles. The number of halogens is 1. The number of benzene rings is 1. The highest BCUT2D eigenvalue weighted by atomic mass is 35.5. The maximum atomic E-state index is 12.2. The van der Waals surface area contributed by atoms with E-state index < -0.39 is 0 Å². The molecule has 0 radical (unpaired) electrons. The number of carbonyl (C=O) groups is 1. The Bertz CT molecular complexity index is 446. The number of amides is 1. The molecule has 1 aromatic rings. The average Bonchev–Trinajstić information content (AvgIpc) is 2.90. The van der Waals surface area contributed by atoms with Gasteiger partial charge in [0.05, 0.1) is 0 Å². The number of nitrogens with one attached hydrogen (secondary N) is 1. The first-order chi connectivity index (χ1) is 8.22. The van der Waals surface area contributed by atoms with Crippen molar-refractivity contribution in [3.05, 3.63) is 29.3 Å². The molecule has 0 saturated heterocycles. The molecule has 3 atom stereocenters. The van der Waals surface area contributed by atoms with E-state index in [2.05, 4.69) is 5.32 Å². The minimum absolute atomic E-state index is 0.180. The fraction of sp³-hybridized carbons (Fsp3) is 0.500. The van der Waals surface area contributed by atoms with Gasteiger partial charge in [0.15, 0.2) is 0 Å². The van der Waals surface area contributed by atoms with Crippen molar-refractivity contribution >= 4 is 23.2 Å². The zero-order valence-electron chi connectivity index (χ0n) is 9.66. The zero-order valence-corrected chi connectivity index (χ0v) is 10.4. The van der Waals surface area contributed by atoms with Gasteiger partial charge in [-0.05, 0) is 49.3 Å². The molecule has 2 aliphatic rings. The maximum absolute atomic E-state index is 12.2. The first-order valence-electron chi connectivity index (χ1n) is 6.29. The summed E-state index contributed by atoms with van der Waals surface area (Å²) in [4.78, 5) is 12.2. The Kier molecular flexibility index (Phi) is 2.83. The zero-order chi connectivity index (χ0) is 11.8. The monoisotopic (exact) mass is 249 g/mol. The Balaban J connectivity index is 1.68. The van der Waals surface area contributed by atoms with Crippen LogP contribution in [0.1, 0.15) is 25.7 Å². The second-order valence-electron chi connectivity index (χ2n) is 5.28. The summed E-state index contributed by atoms with van der Waals surface area (Å²) in [6.07, 6.45) is 4.90. The molecule has 2 nitrogen and oxygen atoms in total. The van der Waals surface area contributed by atoms with Gasteiger partial charge >= 0.3 is 0 Å². The Morgan fingerprint density at radius 2 is 2.18 bits per heavy atom. The van der Waals surface area contributed by atoms with Gasteiger partial charge in [-0.2, -0.15) is 0 Å². The van der Waals surface area contributed by atoms with Gasteiger partial charge in [-0.15, -0.1) is 0 Å². The summed E-state index contributed by atoms with van der Waals surface area (Å²) in [6, 6.07) is 7.36. The van der Waals surface area contributed by atoms with Gasteiger partial charge in [0.1, 0.15) is 0 Å². The molecule has 2 saturated carbocycles. The van der Waals surface area contributed by atoms with E-state index in [0.717, 1.165) is 18.0 Å². The van der Waals surface area contributed by atoms with Crippen LogP contribution < -0.4 is 5.32 Å². The number of carbonyl (C=O) groups excluding carboxylic acids is 1. The lowest BCUT2D eigenvalue weighted by atomic mass is 9.88. The van der Waals surface area contributed by atoms with E-state index in [1.54, 1.807) is 6.07 Å². The molecule has 3 rings (SSSR count). The van der Waals surface area contributed by atoms with Gasteiger partial charge in [-0.3, -0.25) is 4.79 Å². The minimum Gasteiger partial charge on any atom is -0.326 e. The first kappa shape index (κ1) is 11.1. The van der Waals surface area contributed by atoms with E-state index in [1.165, 1.54) is 19.3 Å². The average molecular weight is 250 g/mol. The Hall–Kier alpha value is -1.02. The van der Waals surface area contributed by atoms with Crippen molar-refractivity contribution in [2.75, 3.05) is 5.32 Å². The van der Waals surface area contributed by atoms with E-state index in [0.29, 0.717) is 10.9 Å². The molecule has 0 spiro atoms. The van der Waals surface area contributed by atoms with E-state index in [1.807, 2.05) is 18.2 Å². The van der Waals surface area contributed by atoms with Crippen LogP contribution >= 0.6 is 11.6 Å². The summed E-state index contributed by atoms with van der Waals surface area (Å²) in [5.74, 6) is 1.83. The summed E-state index contributed by atoms with van der Waals surface area (Å²) in [6.45, 7) is 0. The van der Waals surface area contributed by atoms with Crippen LogP contribution in [0.4, 0.5) is 5.69 Å². The van der Waals surface area contributed by atoms with Gasteiger partial charge in [-0.25, -0.2) is 0 Å². The molecule has 3 heteroatoms. The normalized spacial score (nSPS) is 30.5. The quantitative estimate of drug-likeness (QED) is 0.851. The van der Waals surface area contributed by atoms with Crippen molar-refractivity contribution in [1.82, 2.24) is 0 Å². The van der Waals surface area contributed by atoms with Crippen LogP contribution in [0.3, 0.4) is 0 Å². The number of anilines is 1. The minimum atomic E-state index is 0.180. The summed E-state index contributed by atoms with van der Waals surface area (Å²) in [7, 11) is 0. The topological polar surface area (TPSA) is 29.1 Å². The molecule has 2 bridgehead atoms. The second kappa shape index (κ2) is 4.34. The summed E-state index contributed by atoms with van der Waals surface area (Å²) < 4.78 is 0. The first-order valence-corrected chi connectivity index (χ1v) is 6.66. The van der Waals surface area contributed by atoms with Crippen LogP contribution in [0.25, 0.3) is 0 Å². The fourth-order valence-electron chi connectivity index (χ4n) is 3.37. The van der Waals surface area contributed by atoms with Crippen LogP contribution in [0, 0.1) is 17.8 Å². The lowest BCUT2D eigenvalue weighted by Gasteiger charge is -2.20. The highest BCUT2D eigenvalue weighted by Crippen LogP contribution is 2.48. The number of rotatable bonds is 2. The highest BCUT2D eigenvalue weighted by molar-refractivity contribution is 6.30. The Morgan fingerprint density at radius 3 is 2.82 bits per heavy atom. The van der Waals surface area contributed by atoms with Crippen molar-refractivity contribution in [2.45, 2.75) is 25.7 Å². The number of fused-ring (bicyclic) bond motifs is 2. The lowest BCUT2D eigenvalue weighted by Crippen LogP contribution is -2.27. The molecule has 0 heterocycles. The summed E-state index contributed by atoms with van der Waals surface area (Å²) in [5, 5.41) is 3.65. The molecular weight excluding hydrogens is 234 g/mol. The molecule has 1 amide bonds. The third kappa shape index (κ3) is 2.19. The highest BCUT2D eigenvalue weighted by Gasteiger charge is 2.42. The molecule has 17 heavy (non-hydrogen) atoms. The number of hydrogen-bond donors (Lipinski definition) is 1. The predicted octanol–water partition coefficient (Wildman–Crippen LogP) is 3.71. The standard InChI is InChI=1S/C14H16ClNO/c15-11-2-1-3-12(8-11)16-14(17)13-7-9-4-5-10(13)6-9/h1-3,8-10,13H,4-7H2,(H,16,17). The maximum Gasteiger partial charge on any atom is 0.227 e. The smallest absolute Gasteiger partial charge is 0.227 e. The lowest BCUT2D eigenvalue weighted by molar-refractivity contribution is -0.121. The van der Waals surface area contributed by atoms with Crippen molar-refractivity contribution in [2.24, 2.45) is 17.8 Å². The SMILES string of the molecule is O=C(Nc1cccc(Cl)c1)C1CC2CCC1C2. The van der Waals surface area contributed by atoms with Gasteiger partial charge in [-0.1, -0.05) is 24.1 Å². The van der Waals surface area contributed by atoms with Crippen LogP contribution in [-0.2, 0) is 4.79 Å². The van der Waals surface area contributed by atoms with Crippen molar-refractivity contribution in [3.8, 4) is 0 Å². The molecule has 2 fully saturated rings. The van der Waals surface area contributed by atoms with Crippen molar-refractivity contribution in [1.29, 1.82) is 0 Å². The summed E-state index contributed by atoms with van der Waals surface area (Å²) >= 11 is 5.90. The third-order valence-corrected chi connectivity index (χ3v) is 4.40. The van der Waals surface area contributed by atoms with Crippen LogP contribution in [0.2, 0.25) is 5.02 Å². The van der Waals surface area contributed by atoms with Crippen LogP contribution in [0.15, 0.2) is 24.3 Å².